The molecule has 0 aliphatic heterocycles. The maximum Gasteiger partial charge on any atom is 0.126 e. The Morgan fingerprint density at radius 2 is 1.70 bits per heavy atom. The first-order chi connectivity index (χ1) is 9.50. The van der Waals surface area contributed by atoms with E-state index in [0.717, 1.165) is 30.2 Å². The van der Waals surface area contributed by atoms with Crippen molar-refractivity contribution < 1.29 is 9.50 Å². The van der Waals surface area contributed by atoms with Crippen molar-refractivity contribution in [1.82, 2.24) is 0 Å². The number of hydrogen-bond donors (Lipinski definition) is 1. The van der Waals surface area contributed by atoms with Crippen molar-refractivity contribution in [2.75, 3.05) is 0 Å². The molecule has 110 valence electrons. The zero-order valence-electron chi connectivity index (χ0n) is 11.8. The van der Waals surface area contributed by atoms with E-state index >= 15 is 0 Å². The normalized spacial score (nSPS) is 24.1. The maximum absolute atomic E-state index is 13.9. The molecule has 3 rings (SSSR count). The van der Waals surface area contributed by atoms with Crippen molar-refractivity contribution in [2.45, 2.75) is 63.4 Å². The molecule has 1 nitrogen and oxygen atoms in total. The summed E-state index contributed by atoms with van der Waals surface area (Å²) in [6.07, 6.45) is 9.64. The molecule has 1 N–H and O–H groups in total. The van der Waals surface area contributed by atoms with Gasteiger partial charge in [-0.2, -0.15) is 0 Å². The summed E-state index contributed by atoms with van der Waals surface area (Å²) in [7, 11) is 0. The van der Waals surface area contributed by atoms with Gasteiger partial charge in [-0.1, -0.05) is 28.8 Å². The monoisotopic (exact) mass is 340 g/mol. The van der Waals surface area contributed by atoms with Crippen LogP contribution < -0.4 is 0 Å². The van der Waals surface area contributed by atoms with E-state index in [1.54, 1.807) is 12.1 Å². The highest BCUT2D eigenvalue weighted by Gasteiger charge is 2.43. The zero-order valence-corrected chi connectivity index (χ0v) is 13.4. The van der Waals surface area contributed by atoms with Crippen molar-refractivity contribution >= 4 is 15.9 Å². The molecule has 2 aliphatic carbocycles. The number of aliphatic hydroxyl groups is 1. The van der Waals surface area contributed by atoms with Crippen LogP contribution in [0.3, 0.4) is 0 Å². The Hall–Kier alpha value is -0.410. The smallest absolute Gasteiger partial charge is 0.126 e. The Kier molecular flexibility index (Phi) is 3.93. The highest BCUT2D eigenvalue weighted by Crippen LogP contribution is 2.51. The molecule has 3 heteroatoms. The molecule has 0 aromatic heterocycles. The van der Waals surface area contributed by atoms with E-state index in [4.69, 9.17) is 0 Å². The van der Waals surface area contributed by atoms with Gasteiger partial charge >= 0.3 is 0 Å². The standard InChI is InChI=1S/C17H22BrFO/c18-14-3-4-15(19)13(11-14)12-17(20)9-7-16(8-10-17)5-1-2-6-16/h3-4,11,20H,1-2,5-10,12H2. The SMILES string of the molecule is OC1(Cc2cc(Br)ccc2F)CCC2(CCCC2)CC1. The van der Waals surface area contributed by atoms with Crippen LogP contribution in [0.4, 0.5) is 4.39 Å². The predicted molar refractivity (Wildman–Crippen MR) is 82.1 cm³/mol. The summed E-state index contributed by atoms with van der Waals surface area (Å²) in [6, 6.07) is 4.98. The summed E-state index contributed by atoms with van der Waals surface area (Å²) >= 11 is 3.38. The highest BCUT2D eigenvalue weighted by atomic mass is 79.9. The second-order valence-electron chi connectivity index (χ2n) is 6.84. The molecule has 0 saturated heterocycles. The van der Waals surface area contributed by atoms with E-state index in [-0.39, 0.29) is 5.82 Å². The maximum atomic E-state index is 13.9. The molecule has 20 heavy (non-hydrogen) atoms. The third-order valence-electron chi connectivity index (χ3n) is 5.43. The van der Waals surface area contributed by atoms with Gasteiger partial charge in [0.05, 0.1) is 5.60 Å². The van der Waals surface area contributed by atoms with Crippen LogP contribution in [-0.4, -0.2) is 10.7 Å². The lowest BCUT2D eigenvalue weighted by molar-refractivity contribution is -0.0327. The molecule has 1 aromatic rings. The van der Waals surface area contributed by atoms with Gasteiger partial charge < -0.3 is 5.11 Å². The summed E-state index contributed by atoms with van der Waals surface area (Å²) in [4.78, 5) is 0. The predicted octanol–water partition coefficient (Wildman–Crippen LogP) is 5.00. The molecule has 0 bridgehead atoms. The van der Waals surface area contributed by atoms with Crippen LogP contribution in [0, 0.1) is 11.2 Å². The molecule has 1 spiro atoms. The molecule has 2 fully saturated rings. The first kappa shape index (κ1) is 14.5. The summed E-state index contributed by atoms with van der Waals surface area (Å²) in [5.74, 6) is -0.206. The van der Waals surface area contributed by atoms with Crippen molar-refractivity contribution in [3.05, 3.63) is 34.1 Å². The van der Waals surface area contributed by atoms with Crippen LogP contribution >= 0.6 is 15.9 Å². The molecule has 0 atom stereocenters. The molecule has 1 aromatic carbocycles. The first-order valence-corrected chi connectivity index (χ1v) is 8.46. The van der Waals surface area contributed by atoms with Gasteiger partial charge in [-0.15, -0.1) is 0 Å². The van der Waals surface area contributed by atoms with Crippen LogP contribution in [0.15, 0.2) is 22.7 Å². The third-order valence-corrected chi connectivity index (χ3v) is 5.93. The minimum atomic E-state index is -0.713. The second kappa shape index (κ2) is 5.42. The number of rotatable bonds is 2. The van der Waals surface area contributed by atoms with Gasteiger partial charge in [0, 0.05) is 10.9 Å². The minimum absolute atomic E-state index is 0.206. The van der Waals surface area contributed by atoms with E-state index in [2.05, 4.69) is 15.9 Å². The molecule has 0 unspecified atom stereocenters. The Bertz CT molecular complexity index is 484. The van der Waals surface area contributed by atoms with Crippen LogP contribution in [0.25, 0.3) is 0 Å². The Morgan fingerprint density at radius 3 is 2.35 bits per heavy atom. The zero-order chi connectivity index (χ0) is 14.2. The summed E-state index contributed by atoms with van der Waals surface area (Å²) in [5.41, 5.74) is 0.418. The van der Waals surface area contributed by atoms with Gasteiger partial charge in [0.15, 0.2) is 0 Å². The third kappa shape index (κ3) is 2.94. The molecule has 2 aliphatic rings. The van der Waals surface area contributed by atoms with Crippen LogP contribution in [0.5, 0.6) is 0 Å². The van der Waals surface area contributed by atoms with E-state index in [0.29, 0.717) is 17.4 Å². The van der Waals surface area contributed by atoms with Gasteiger partial charge in [-0.05, 0) is 67.7 Å². The summed E-state index contributed by atoms with van der Waals surface area (Å²) in [6.45, 7) is 0. The van der Waals surface area contributed by atoms with Gasteiger partial charge in [0.25, 0.3) is 0 Å². The molecular weight excluding hydrogens is 319 g/mol. The van der Waals surface area contributed by atoms with E-state index in [1.807, 2.05) is 0 Å². The van der Waals surface area contributed by atoms with Crippen LogP contribution in [0.2, 0.25) is 0 Å². The van der Waals surface area contributed by atoms with Crippen molar-refractivity contribution in [1.29, 1.82) is 0 Å². The first-order valence-electron chi connectivity index (χ1n) is 7.67. The fraction of sp³-hybridized carbons (Fsp3) is 0.647. The number of benzene rings is 1. The molecule has 0 amide bonds. The van der Waals surface area contributed by atoms with E-state index in [9.17, 15) is 9.50 Å². The average molecular weight is 341 g/mol. The lowest BCUT2D eigenvalue weighted by Gasteiger charge is -2.42. The van der Waals surface area contributed by atoms with Crippen LogP contribution in [-0.2, 0) is 6.42 Å². The van der Waals surface area contributed by atoms with E-state index < -0.39 is 5.60 Å². The minimum Gasteiger partial charge on any atom is -0.390 e. The lowest BCUT2D eigenvalue weighted by Crippen LogP contribution is -2.40. The summed E-state index contributed by atoms with van der Waals surface area (Å²) < 4.78 is 14.7. The quantitative estimate of drug-likeness (QED) is 0.803. The van der Waals surface area contributed by atoms with Gasteiger partial charge in [-0.3, -0.25) is 0 Å². The topological polar surface area (TPSA) is 20.2 Å². The molecule has 0 radical (unpaired) electrons. The Labute approximate surface area is 128 Å². The Morgan fingerprint density at radius 1 is 1.05 bits per heavy atom. The van der Waals surface area contributed by atoms with Crippen molar-refractivity contribution in [3.8, 4) is 0 Å². The fourth-order valence-electron chi connectivity index (χ4n) is 4.08. The fourth-order valence-corrected chi connectivity index (χ4v) is 4.49. The summed E-state index contributed by atoms with van der Waals surface area (Å²) in [5, 5.41) is 10.8. The second-order valence-corrected chi connectivity index (χ2v) is 7.76. The van der Waals surface area contributed by atoms with Crippen molar-refractivity contribution in [2.24, 2.45) is 5.41 Å². The highest BCUT2D eigenvalue weighted by molar-refractivity contribution is 9.10. The molecule has 2 saturated carbocycles. The lowest BCUT2D eigenvalue weighted by atomic mass is 9.66. The number of halogens is 2. The van der Waals surface area contributed by atoms with Gasteiger partial charge in [0.2, 0.25) is 0 Å². The van der Waals surface area contributed by atoms with Gasteiger partial charge in [0.1, 0.15) is 5.82 Å². The number of hydrogen-bond acceptors (Lipinski definition) is 1. The molecular formula is C17H22BrFO. The van der Waals surface area contributed by atoms with Gasteiger partial charge in [-0.25, -0.2) is 4.39 Å². The van der Waals surface area contributed by atoms with Crippen LogP contribution in [0.1, 0.15) is 56.9 Å². The average Bonchev–Trinajstić information content (AvgIpc) is 2.87. The Balaban J connectivity index is 1.70. The van der Waals surface area contributed by atoms with E-state index in [1.165, 1.54) is 31.7 Å². The molecule has 0 heterocycles. The largest absolute Gasteiger partial charge is 0.390 e. The van der Waals surface area contributed by atoms with Crippen molar-refractivity contribution in [3.63, 3.8) is 0 Å².